The Morgan fingerprint density at radius 2 is 1.00 bits per heavy atom. The molecular weight excluding hydrogens is 285 g/mol. The van der Waals surface area contributed by atoms with Gasteiger partial charge in [-0.1, -0.05) is 0 Å². The monoisotopic (exact) mass is 286 g/mol. The zero-order valence-corrected chi connectivity index (χ0v) is 13.3. The third-order valence-electron chi connectivity index (χ3n) is 0.190. The van der Waals surface area contributed by atoms with Gasteiger partial charge in [0.2, 0.25) is 0 Å². The molecule has 0 aliphatic heterocycles. The van der Waals surface area contributed by atoms with E-state index in [1.54, 1.807) is 0 Å². The molecule has 18 heteroatoms. The summed E-state index contributed by atoms with van der Waals surface area (Å²) in [4.78, 5) is 52.0. The summed E-state index contributed by atoms with van der Waals surface area (Å²) in [6.07, 6.45) is 0. The average molecular weight is 286 g/mol. The Bertz CT molecular complexity index is 249. The van der Waals surface area contributed by atoms with Crippen LogP contribution in [-0.4, -0.2) is 14.0 Å². The summed E-state index contributed by atoms with van der Waals surface area (Å²) in [5, 5.41) is 0. The minimum Gasteiger partial charge on any atom is -0.822 e. The maximum absolute atomic E-state index is 9.41. The van der Waals surface area contributed by atoms with E-state index < -0.39 is 24.8 Å². The zero-order chi connectivity index (χ0) is 11.3. The Balaban J connectivity index is -0.0000000222. The first-order valence-corrected chi connectivity index (χ1v) is 6.28. The van der Waals surface area contributed by atoms with E-state index in [4.69, 9.17) is 24.0 Å². The molecule has 0 saturated heterocycles. The van der Waals surface area contributed by atoms with Crippen molar-refractivity contribution < 1.29 is 141 Å². The first-order valence-electron chi connectivity index (χ1n) is 2.09. The summed E-state index contributed by atoms with van der Waals surface area (Å²) in [6.45, 7) is 0. The van der Waals surface area contributed by atoms with Crippen molar-refractivity contribution in [1.29, 1.82) is 0 Å². The van der Waals surface area contributed by atoms with Crippen molar-refractivity contribution in [3.05, 3.63) is 0 Å². The molecule has 0 aromatic rings. The van der Waals surface area contributed by atoms with E-state index in [1.807, 2.05) is 0 Å². The molecule has 1 N–H and O–H groups in total. The molecule has 18 heavy (non-hydrogen) atoms. The fourth-order valence-corrected chi connectivity index (χ4v) is 0.861. The zero-order valence-electron chi connectivity index (χ0n) is 10.5. The third-order valence-corrected chi connectivity index (χ3v) is 1.71. The Kier molecular flexibility index (Phi) is 47.3. The van der Waals surface area contributed by atoms with Crippen molar-refractivity contribution in [2.45, 2.75) is 0 Å². The van der Waals surface area contributed by atoms with Crippen molar-refractivity contribution >= 4 is 24.8 Å². The van der Waals surface area contributed by atoms with Crippen molar-refractivity contribution in [3.63, 3.8) is 0 Å². The van der Waals surface area contributed by atoms with Crippen LogP contribution in [-0.2, 0) is 17.8 Å². The molecule has 80 valence electrons. The van der Waals surface area contributed by atoms with Crippen LogP contribution in [0.25, 0.3) is 0 Å². The second kappa shape index (κ2) is 19.9. The van der Waals surface area contributed by atoms with Crippen molar-refractivity contribution in [2.75, 3.05) is 0 Å². The Morgan fingerprint density at radius 3 is 1.00 bits per heavy atom. The van der Waals surface area contributed by atoms with Crippen LogP contribution in [0.5, 0.6) is 0 Å². The molecule has 0 saturated carbocycles. The third kappa shape index (κ3) is 97.3. The van der Waals surface area contributed by atoms with E-state index in [0.717, 1.165) is 0 Å². The predicted molar refractivity (Wildman–Crippen MR) is 25.0 cm³/mol. The van der Waals surface area contributed by atoms with Gasteiger partial charge in [0.1, 0.15) is 7.82 Å². The minimum absolute atomic E-state index is 0. The summed E-state index contributed by atoms with van der Waals surface area (Å²) >= 11 is 0. The smallest absolute Gasteiger partial charge is 0.822 e. The van der Waals surface area contributed by atoms with Crippen LogP contribution in [0.1, 0.15) is 0 Å². The SMILES string of the molecule is O=P([O-])([O-])[O-].O=[Si](O)OP(=O)([O-])[O-].[Li+].[Li+].[Li+].[Li+].[Li+]. The van der Waals surface area contributed by atoms with Gasteiger partial charge in [0, 0.05) is 0 Å². The van der Waals surface area contributed by atoms with Gasteiger partial charge in [-0.05, 0) is 0 Å². The Morgan fingerprint density at radius 1 is 0.833 bits per heavy atom. The van der Waals surface area contributed by atoms with Gasteiger partial charge < -0.3 is 42.6 Å². The van der Waals surface area contributed by atoms with Crippen molar-refractivity contribution in [2.24, 2.45) is 0 Å². The number of rotatable bonds is 2. The summed E-state index contributed by atoms with van der Waals surface area (Å²) in [7, 11) is -14.3. The van der Waals surface area contributed by atoms with Crippen LogP contribution in [0.4, 0.5) is 0 Å². The second-order valence-corrected chi connectivity index (χ2v) is 4.30. The van der Waals surface area contributed by atoms with Crippen LogP contribution in [0, 0.1) is 0 Å². The first kappa shape index (κ1) is 42.8. The van der Waals surface area contributed by atoms with E-state index in [9.17, 15) is 18.8 Å². The van der Waals surface area contributed by atoms with Crippen LogP contribution < -0.4 is 119 Å². The molecule has 0 heterocycles. The van der Waals surface area contributed by atoms with Gasteiger partial charge in [-0.25, -0.2) is 0 Å². The van der Waals surface area contributed by atoms with E-state index in [0.29, 0.717) is 0 Å². The topological polar surface area (TPSA) is 196 Å². The fourth-order valence-electron chi connectivity index (χ4n) is 0.0956. The van der Waals surface area contributed by atoms with Gasteiger partial charge >= 0.3 is 103 Å². The summed E-state index contributed by atoms with van der Waals surface area (Å²) in [5.74, 6) is 0. The molecule has 0 unspecified atom stereocenters. The molecule has 0 aliphatic rings. The largest absolute Gasteiger partial charge is 1.00 e. The van der Waals surface area contributed by atoms with Crippen molar-refractivity contribution in [3.8, 4) is 0 Å². The van der Waals surface area contributed by atoms with E-state index in [2.05, 4.69) is 4.21 Å². The molecule has 10 nitrogen and oxygen atoms in total. The molecule has 0 aliphatic carbocycles. The van der Waals surface area contributed by atoms with E-state index >= 15 is 0 Å². The molecule has 0 spiro atoms. The molecule has 0 aromatic heterocycles. The van der Waals surface area contributed by atoms with Gasteiger partial charge in [0.25, 0.3) is 0 Å². The fraction of sp³-hybridized carbons (Fsp3) is 0. The summed E-state index contributed by atoms with van der Waals surface area (Å²) in [5.41, 5.74) is 0. The molecular formula is HLi5O10P2Si. The number of hydrogen-bond acceptors (Lipinski definition) is 9. The average Bonchev–Trinajstić information content (AvgIpc) is 1.47. The van der Waals surface area contributed by atoms with Crippen LogP contribution in [0.3, 0.4) is 0 Å². The van der Waals surface area contributed by atoms with E-state index in [-0.39, 0.29) is 94.3 Å². The molecule has 0 radical (unpaired) electrons. The summed E-state index contributed by atoms with van der Waals surface area (Å²) < 4.78 is 30.3. The maximum atomic E-state index is 9.41. The second-order valence-electron chi connectivity index (χ2n) is 1.25. The van der Waals surface area contributed by atoms with Gasteiger partial charge in [0.15, 0.2) is 0 Å². The Labute approximate surface area is 164 Å². The first-order chi connectivity index (χ1) is 5.42. The minimum atomic E-state index is -5.39. The number of phosphoric acid groups is 2. The van der Waals surface area contributed by atoms with Crippen molar-refractivity contribution in [1.82, 2.24) is 0 Å². The Hall–Kier alpha value is 2.86. The van der Waals surface area contributed by atoms with Gasteiger partial charge in [0.05, 0.1) is 0 Å². The predicted octanol–water partition coefficient (Wildman–Crippen LogP) is -20.6. The van der Waals surface area contributed by atoms with E-state index in [1.165, 1.54) is 0 Å². The van der Waals surface area contributed by atoms with Gasteiger partial charge in [-0.3, -0.25) is 4.46 Å². The molecule has 0 amide bonds. The van der Waals surface area contributed by atoms with Gasteiger partial charge in [-0.2, -0.15) is 7.82 Å². The van der Waals surface area contributed by atoms with Gasteiger partial charge in [-0.15, -0.1) is 0 Å². The van der Waals surface area contributed by atoms with Crippen LogP contribution in [0.15, 0.2) is 0 Å². The van der Waals surface area contributed by atoms with Crippen LogP contribution in [0.2, 0.25) is 0 Å². The maximum Gasteiger partial charge on any atom is 1.00 e. The quantitative estimate of drug-likeness (QED) is 0.375. The normalized spacial score (nSPS) is 8.06. The molecule has 0 bridgehead atoms. The molecule has 0 fully saturated rings. The summed E-state index contributed by atoms with van der Waals surface area (Å²) in [6, 6.07) is 0. The standard InChI is InChI=1S/5Li.H3O6PSi.H3O4P/c;;;;;1-7(2,3)6-8(4)5;1-5(2,3)4/h;;;;;4H,(H2,1,2,3);(H3,1,2,3,4)/q5*+1;;/p-5. The number of hydrogen-bond donors (Lipinski definition) is 1. The molecule has 0 aromatic carbocycles. The molecule has 0 rings (SSSR count). The molecule has 0 atom stereocenters. The van der Waals surface area contributed by atoms with Crippen LogP contribution >= 0.6 is 15.6 Å².